The summed E-state index contributed by atoms with van der Waals surface area (Å²) in [6, 6.07) is 14.0. The predicted molar refractivity (Wildman–Crippen MR) is 94.7 cm³/mol. The molecule has 24 heavy (non-hydrogen) atoms. The van der Waals surface area contributed by atoms with Crippen LogP contribution in [0.4, 0.5) is 5.95 Å². The van der Waals surface area contributed by atoms with Crippen molar-refractivity contribution < 1.29 is 0 Å². The monoisotopic (exact) mass is 318 g/mol. The largest absolute Gasteiger partial charge is 0.369 e. The van der Waals surface area contributed by atoms with Crippen LogP contribution in [-0.2, 0) is 7.05 Å². The summed E-state index contributed by atoms with van der Waals surface area (Å²) >= 11 is 0. The molecule has 120 valence electrons. The average molecular weight is 318 g/mol. The fourth-order valence-corrected chi connectivity index (χ4v) is 3.20. The fraction of sp³-hybridized carbons (Fsp3) is 0.158. The van der Waals surface area contributed by atoms with Crippen molar-refractivity contribution in [3.8, 4) is 11.3 Å². The minimum Gasteiger partial charge on any atom is -0.369 e. The van der Waals surface area contributed by atoms with Gasteiger partial charge >= 0.3 is 0 Å². The van der Waals surface area contributed by atoms with Crippen LogP contribution in [0, 0.1) is 0 Å². The van der Waals surface area contributed by atoms with Gasteiger partial charge in [-0.1, -0.05) is 36.4 Å². The number of benzene rings is 1. The van der Waals surface area contributed by atoms with Gasteiger partial charge < -0.3 is 10.7 Å². The number of aromatic amines is 1. The molecule has 4 rings (SSSR count). The molecule has 1 fully saturated rings. The third-order valence-corrected chi connectivity index (χ3v) is 4.71. The SMILES string of the molecule is C=C1C(c2ccc(-c3ccc[nH]3)cc2)C1c1cc(=O)n(C)c(N)n1. The van der Waals surface area contributed by atoms with Gasteiger partial charge in [-0.2, -0.15) is 0 Å². The van der Waals surface area contributed by atoms with E-state index in [0.717, 1.165) is 16.8 Å². The summed E-state index contributed by atoms with van der Waals surface area (Å²) in [5.74, 6) is 0.497. The highest BCUT2D eigenvalue weighted by molar-refractivity contribution is 5.61. The number of hydrogen-bond acceptors (Lipinski definition) is 3. The summed E-state index contributed by atoms with van der Waals surface area (Å²) in [6.07, 6.45) is 1.91. The van der Waals surface area contributed by atoms with Crippen molar-refractivity contribution in [2.75, 3.05) is 5.73 Å². The highest BCUT2D eigenvalue weighted by Gasteiger charge is 2.45. The summed E-state index contributed by atoms with van der Waals surface area (Å²) in [6.45, 7) is 4.14. The van der Waals surface area contributed by atoms with Gasteiger partial charge in [0.25, 0.3) is 5.56 Å². The van der Waals surface area contributed by atoms with Gasteiger partial charge in [-0.05, 0) is 23.3 Å². The first-order valence-electron chi connectivity index (χ1n) is 7.82. The van der Waals surface area contributed by atoms with Crippen molar-refractivity contribution in [1.29, 1.82) is 0 Å². The van der Waals surface area contributed by atoms with Crippen molar-refractivity contribution in [1.82, 2.24) is 14.5 Å². The van der Waals surface area contributed by atoms with Gasteiger partial charge in [0.15, 0.2) is 0 Å². The summed E-state index contributed by atoms with van der Waals surface area (Å²) in [5.41, 5.74) is 10.9. The first-order chi connectivity index (χ1) is 11.6. The molecule has 2 aromatic heterocycles. The number of nitrogen functional groups attached to an aromatic ring is 1. The van der Waals surface area contributed by atoms with Gasteiger partial charge in [-0.3, -0.25) is 9.36 Å². The van der Waals surface area contributed by atoms with E-state index in [1.807, 2.05) is 18.3 Å². The molecular weight excluding hydrogens is 300 g/mol. The number of aromatic nitrogens is 3. The maximum atomic E-state index is 11.9. The second-order valence-corrected chi connectivity index (χ2v) is 6.17. The van der Waals surface area contributed by atoms with E-state index < -0.39 is 0 Å². The van der Waals surface area contributed by atoms with E-state index in [4.69, 9.17) is 5.73 Å². The Balaban J connectivity index is 1.62. The molecule has 0 amide bonds. The molecule has 0 spiro atoms. The van der Waals surface area contributed by atoms with Crippen LogP contribution in [-0.4, -0.2) is 14.5 Å². The molecular formula is C19H18N4O. The van der Waals surface area contributed by atoms with E-state index in [2.05, 4.69) is 40.8 Å². The van der Waals surface area contributed by atoms with Crippen LogP contribution in [0.1, 0.15) is 23.1 Å². The second-order valence-electron chi connectivity index (χ2n) is 6.17. The molecule has 1 aromatic carbocycles. The zero-order valence-corrected chi connectivity index (χ0v) is 13.4. The van der Waals surface area contributed by atoms with Gasteiger partial charge in [0.1, 0.15) is 0 Å². The molecule has 5 nitrogen and oxygen atoms in total. The van der Waals surface area contributed by atoms with Crippen molar-refractivity contribution in [3.63, 3.8) is 0 Å². The molecule has 2 heterocycles. The number of hydrogen-bond donors (Lipinski definition) is 2. The molecule has 0 saturated heterocycles. The lowest BCUT2D eigenvalue weighted by Crippen LogP contribution is -2.21. The highest BCUT2D eigenvalue weighted by atomic mass is 16.1. The summed E-state index contributed by atoms with van der Waals surface area (Å²) in [4.78, 5) is 19.5. The first kappa shape index (κ1) is 14.5. The lowest BCUT2D eigenvalue weighted by molar-refractivity contribution is 0.815. The second kappa shape index (κ2) is 5.23. The summed E-state index contributed by atoms with van der Waals surface area (Å²) in [7, 11) is 1.62. The van der Waals surface area contributed by atoms with Crippen LogP contribution in [0.2, 0.25) is 0 Å². The van der Waals surface area contributed by atoms with E-state index in [9.17, 15) is 4.79 Å². The van der Waals surface area contributed by atoms with Crippen LogP contribution in [0.5, 0.6) is 0 Å². The third kappa shape index (κ3) is 2.25. The predicted octanol–water partition coefficient (Wildman–Crippen LogP) is 2.79. The lowest BCUT2D eigenvalue weighted by atomic mass is 10.0. The number of nitrogens with zero attached hydrogens (tertiary/aromatic N) is 2. The standard InChI is InChI=1S/C19H18N4O/c1-11-17(18(11)15-10-16(24)23(2)19(20)22-15)13-7-5-12(6-8-13)14-4-3-9-21-14/h3-10,17-18,21H,1H2,2H3,(H2,20,22). The maximum absolute atomic E-state index is 11.9. The number of nitrogens with two attached hydrogens (primary N) is 1. The summed E-state index contributed by atoms with van der Waals surface area (Å²) < 4.78 is 1.34. The molecule has 0 aliphatic heterocycles. The van der Waals surface area contributed by atoms with Gasteiger partial charge in [-0.15, -0.1) is 0 Å². The Bertz CT molecular complexity index is 968. The van der Waals surface area contributed by atoms with Crippen molar-refractivity contribution in [2.45, 2.75) is 11.8 Å². The van der Waals surface area contributed by atoms with Gasteiger partial charge in [0, 0.05) is 36.8 Å². The quantitative estimate of drug-likeness (QED) is 0.729. The molecule has 0 bridgehead atoms. The molecule has 0 radical (unpaired) electrons. The van der Waals surface area contributed by atoms with Gasteiger partial charge in [0.2, 0.25) is 5.95 Å². The molecule has 5 heteroatoms. The van der Waals surface area contributed by atoms with Crippen LogP contribution in [0.15, 0.2) is 65.6 Å². The summed E-state index contributed by atoms with van der Waals surface area (Å²) in [5, 5.41) is 0. The Hall–Kier alpha value is -3.08. The Morgan fingerprint density at radius 3 is 2.58 bits per heavy atom. The zero-order valence-electron chi connectivity index (χ0n) is 13.4. The highest BCUT2D eigenvalue weighted by Crippen LogP contribution is 2.58. The minimum atomic E-state index is -0.141. The van der Waals surface area contributed by atoms with Crippen molar-refractivity contribution in [3.05, 3.63) is 82.4 Å². The Kier molecular flexibility index (Phi) is 3.16. The maximum Gasteiger partial charge on any atom is 0.254 e. The lowest BCUT2D eigenvalue weighted by Gasteiger charge is -2.05. The number of H-pyrrole nitrogens is 1. The third-order valence-electron chi connectivity index (χ3n) is 4.71. The van der Waals surface area contributed by atoms with Crippen LogP contribution < -0.4 is 11.3 Å². The minimum absolute atomic E-state index is 0.0672. The van der Waals surface area contributed by atoms with E-state index in [0.29, 0.717) is 5.69 Å². The van der Waals surface area contributed by atoms with Crippen molar-refractivity contribution >= 4 is 5.95 Å². The Morgan fingerprint density at radius 2 is 1.96 bits per heavy atom. The molecule has 3 N–H and O–H groups in total. The zero-order chi connectivity index (χ0) is 16.8. The topological polar surface area (TPSA) is 76.7 Å². The number of nitrogens with one attached hydrogen (secondary N) is 1. The van der Waals surface area contributed by atoms with E-state index in [-0.39, 0.29) is 23.3 Å². The smallest absolute Gasteiger partial charge is 0.254 e. The van der Waals surface area contributed by atoms with E-state index in [1.165, 1.54) is 10.1 Å². The van der Waals surface area contributed by atoms with E-state index >= 15 is 0 Å². The van der Waals surface area contributed by atoms with Gasteiger partial charge in [-0.25, -0.2) is 4.98 Å². The Morgan fingerprint density at radius 1 is 1.21 bits per heavy atom. The Labute approximate surface area is 139 Å². The van der Waals surface area contributed by atoms with Gasteiger partial charge in [0.05, 0.1) is 5.69 Å². The average Bonchev–Trinajstić information content (AvgIpc) is 2.99. The molecule has 2 unspecified atom stereocenters. The van der Waals surface area contributed by atoms with E-state index in [1.54, 1.807) is 13.1 Å². The molecule has 2 atom stereocenters. The first-order valence-corrected chi connectivity index (χ1v) is 7.82. The number of allylic oxidation sites excluding steroid dienone is 1. The molecule has 1 saturated carbocycles. The normalized spacial score (nSPS) is 19.5. The fourth-order valence-electron chi connectivity index (χ4n) is 3.20. The van der Waals surface area contributed by atoms with Crippen LogP contribution in [0.25, 0.3) is 11.3 Å². The van der Waals surface area contributed by atoms with Crippen LogP contribution in [0.3, 0.4) is 0 Å². The van der Waals surface area contributed by atoms with Crippen molar-refractivity contribution in [2.24, 2.45) is 7.05 Å². The molecule has 3 aromatic rings. The number of anilines is 1. The molecule has 1 aliphatic carbocycles. The number of rotatable bonds is 3. The molecule has 1 aliphatic rings. The van der Waals surface area contributed by atoms with Crippen LogP contribution >= 0.6 is 0 Å².